The summed E-state index contributed by atoms with van der Waals surface area (Å²) in [5.74, 6) is 9.44. The number of allylic oxidation sites excluding steroid dienone is 1. The van der Waals surface area contributed by atoms with Gasteiger partial charge in [-0.25, -0.2) is 0 Å². The first-order valence-corrected chi connectivity index (χ1v) is 25.1. The highest BCUT2D eigenvalue weighted by atomic mass is 28.4. The average molecular weight is 775 g/mol. The zero-order valence-electron chi connectivity index (χ0n) is 34.9. The molecule has 1 N–H and O–H groups in total. The lowest BCUT2D eigenvalue weighted by Crippen LogP contribution is -2.44. The van der Waals surface area contributed by atoms with E-state index >= 15 is 0 Å². The maximum atomic E-state index is 14.2. The summed E-state index contributed by atoms with van der Waals surface area (Å²) < 4.78 is 21.1. The Morgan fingerprint density at radius 2 is 1.33 bits per heavy atom. The Morgan fingerprint density at radius 3 is 1.75 bits per heavy atom. The molecule has 9 heteroatoms. The summed E-state index contributed by atoms with van der Waals surface area (Å²) in [4.78, 5) is 16.7. The summed E-state index contributed by atoms with van der Waals surface area (Å²) in [5.41, 5.74) is 3.89. The van der Waals surface area contributed by atoms with Crippen LogP contribution in [0.25, 0.3) is 0 Å². The predicted molar refractivity (Wildman–Crippen MR) is 229 cm³/mol. The second-order valence-corrected chi connectivity index (χ2v) is 27.3. The number of fused-ring (bicyclic) bond motifs is 1. The van der Waals surface area contributed by atoms with Gasteiger partial charge < -0.3 is 13.6 Å². The fraction of sp³-hybridized carbons (Fsp3) is 0.435. The molecule has 2 aliphatic heterocycles. The van der Waals surface area contributed by atoms with E-state index in [1.807, 2.05) is 22.8 Å². The number of hydrogen-bond acceptors (Lipinski definition) is 6. The van der Waals surface area contributed by atoms with Crippen molar-refractivity contribution in [2.75, 3.05) is 20.3 Å². The van der Waals surface area contributed by atoms with E-state index in [1.54, 1.807) is 20.2 Å². The quantitative estimate of drug-likeness (QED) is 0.0291. The smallest absolute Gasteiger partial charge is 0.262 e. The van der Waals surface area contributed by atoms with Crippen LogP contribution in [0.3, 0.4) is 0 Å². The number of hydrogen-bond donors (Lipinski definition) is 1. The lowest BCUT2D eigenvalue weighted by atomic mass is 9.76. The molecule has 4 atom stereocenters. The number of methoxy groups -OCH3 is 1. The van der Waals surface area contributed by atoms with Crippen molar-refractivity contribution < 1.29 is 23.0 Å². The second kappa shape index (κ2) is 16.1. The molecule has 0 aromatic heterocycles. The summed E-state index contributed by atoms with van der Waals surface area (Å²) in [6.07, 6.45) is 0.858. The van der Waals surface area contributed by atoms with E-state index in [0.717, 1.165) is 16.7 Å². The van der Waals surface area contributed by atoms with Crippen LogP contribution >= 0.6 is 0 Å². The van der Waals surface area contributed by atoms with Gasteiger partial charge in [-0.3, -0.25) is 15.1 Å². The number of piperazine rings is 1. The first-order chi connectivity index (χ1) is 25.8. The number of nitrogens with zero attached hydrogens (tertiary/aromatic N) is 2. The molecule has 2 heterocycles. The molecule has 0 bridgehead atoms. The number of rotatable bonds is 12. The molecule has 5 rings (SSSR count). The van der Waals surface area contributed by atoms with Crippen LogP contribution in [0.1, 0.15) is 65.2 Å². The molecule has 0 amide bonds. The van der Waals surface area contributed by atoms with E-state index in [9.17, 15) is 4.79 Å². The Kier molecular flexibility index (Phi) is 12.3. The van der Waals surface area contributed by atoms with Gasteiger partial charge in [-0.05, 0) is 59.9 Å². The molecule has 0 aliphatic carbocycles. The van der Waals surface area contributed by atoms with E-state index in [0.29, 0.717) is 23.6 Å². The van der Waals surface area contributed by atoms with Crippen LogP contribution in [0.15, 0.2) is 108 Å². The van der Waals surface area contributed by atoms with Gasteiger partial charge in [0.05, 0.1) is 31.2 Å². The molecule has 290 valence electrons. The molecular weight excluding hydrogens is 715 g/mol. The number of benzene rings is 3. The molecule has 2 fully saturated rings. The Bertz CT molecular complexity index is 1930. The van der Waals surface area contributed by atoms with Gasteiger partial charge in [0, 0.05) is 5.57 Å². The van der Waals surface area contributed by atoms with Crippen molar-refractivity contribution >= 4 is 34.5 Å². The fourth-order valence-corrected chi connectivity index (χ4v) is 8.94. The zero-order chi connectivity index (χ0) is 40.4. The number of carbonyl (C=O) groups excluding carboxylic acids is 1. The lowest BCUT2D eigenvalue weighted by molar-refractivity contribution is -0.462. The van der Waals surface area contributed by atoms with Crippen molar-refractivity contribution in [3.8, 4) is 11.8 Å². The molecule has 0 radical (unpaired) electrons. The van der Waals surface area contributed by atoms with Crippen LogP contribution in [-0.2, 0) is 23.9 Å². The lowest BCUT2D eigenvalue weighted by Gasteiger charge is -2.39. The van der Waals surface area contributed by atoms with Crippen molar-refractivity contribution in [3.63, 3.8) is 0 Å². The highest BCUT2D eigenvalue weighted by molar-refractivity contribution is 6.74. The Hall–Kier alpha value is -4.14. The molecule has 55 heavy (non-hydrogen) atoms. The maximum Gasteiger partial charge on any atom is 0.262 e. The van der Waals surface area contributed by atoms with Crippen molar-refractivity contribution in [2.45, 2.75) is 108 Å². The summed E-state index contributed by atoms with van der Waals surface area (Å²) in [5, 5.41) is 8.48. The second-order valence-electron chi connectivity index (χ2n) is 17.7. The molecular formula is C46H60N3O4Si2+. The molecule has 2 unspecified atom stereocenters. The highest BCUT2D eigenvalue weighted by Gasteiger charge is 2.70. The molecule has 3 aromatic rings. The fourth-order valence-electron chi connectivity index (χ4n) is 6.97. The van der Waals surface area contributed by atoms with Gasteiger partial charge in [0.2, 0.25) is 12.0 Å². The van der Waals surface area contributed by atoms with E-state index in [2.05, 4.69) is 163 Å². The topological polar surface area (TPSA) is 74.6 Å². The predicted octanol–water partition coefficient (Wildman–Crippen LogP) is 9.17. The number of ketones is 1. The van der Waals surface area contributed by atoms with Crippen molar-refractivity contribution in [3.05, 3.63) is 125 Å². The van der Waals surface area contributed by atoms with Gasteiger partial charge in [-0.15, -0.1) is 0 Å². The first-order valence-electron chi connectivity index (χ1n) is 19.3. The summed E-state index contributed by atoms with van der Waals surface area (Å²) in [7, 11) is -2.78. The molecule has 0 spiro atoms. The minimum atomic E-state index is -2.35. The van der Waals surface area contributed by atoms with E-state index in [1.165, 1.54) is 0 Å². The van der Waals surface area contributed by atoms with Crippen LogP contribution in [0.2, 0.25) is 36.3 Å². The van der Waals surface area contributed by atoms with Gasteiger partial charge in [-0.2, -0.15) is 4.58 Å². The molecule has 3 aromatic carbocycles. The van der Waals surface area contributed by atoms with E-state index in [-0.39, 0.29) is 34.6 Å². The van der Waals surface area contributed by atoms with Gasteiger partial charge >= 0.3 is 0 Å². The first kappa shape index (κ1) is 42.0. The summed E-state index contributed by atoms with van der Waals surface area (Å²) in [6, 6.07) is 31.6. The SMILES string of the molecule is CO/C(=C(\C)C(=O)C=[N+]1C[C@H]2[C@@H](C1=C=N)N2C(c1ccccc1)(c1ccccc1)c1ccccc1)C(C#CCO[Si](C)(C)C(C)(C)C)O[Si](C)(C)C(C)(C)C. The third-order valence-electron chi connectivity index (χ3n) is 12.2. The third kappa shape index (κ3) is 8.36. The van der Waals surface area contributed by atoms with Crippen molar-refractivity contribution in [1.29, 1.82) is 5.41 Å². The van der Waals surface area contributed by atoms with E-state index in [4.69, 9.17) is 19.0 Å². The summed E-state index contributed by atoms with van der Waals surface area (Å²) >= 11 is 0. The van der Waals surface area contributed by atoms with Gasteiger partial charge in [0.15, 0.2) is 29.3 Å². The third-order valence-corrected chi connectivity index (χ3v) is 21.1. The largest absolute Gasteiger partial charge is 0.497 e. The Morgan fingerprint density at radius 1 is 0.855 bits per heavy atom. The Labute approximate surface area is 331 Å². The summed E-state index contributed by atoms with van der Waals surface area (Å²) in [6.45, 7) is 24.5. The van der Waals surface area contributed by atoms with Crippen LogP contribution < -0.4 is 0 Å². The van der Waals surface area contributed by atoms with Crippen LogP contribution in [0.4, 0.5) is 0 Å². The molecule has 2 aliphatic rings. The number of carbonyl (C=O) groups is 1. The molecule has 7 nitrogen and oxygen atoms in total. The maximum absolute atomic E-state index is 14.2. The standard InChI is InChI=1S/C46H60N3O4Si2/c1-34(43(51-8)41(53-55(11,12)45(5,6)7)29-22-30-52-54(9,10)44(2,3)4)40(50)33-48-32-39-42(38(48)31-47)49(39)46(35-23-16-13-17-24-35,36-25-18-14-19-26-36)37-27-20-15-21-28-37/h13-21,23-28,33,39,41-42,47H,30,32H2,1-12H3/q+1/b43-34+,48-33?/t39-,41?,42+,49?/m0/s1. The molecule has 0 saturated carbocycles. The highest BCUT2D eigenvalue weighted by Crippen LogP contribution is 2.55. The van der Waals surface area contributed by atoms with Gasteiger partial charge in [0.25, 0.3) is 5.70 Å². The van der Waals surface area contributed by atoms with Crippen LogP contribution in [0, 0.1) is 17.3 Å². The van der Waals surface area contributed by atoms with Crippen molar-refractivity contribution in [1.82, 2.24) is 4.90 Å². The van der Waals surface area contributed by atoms with Crippen LogP contribution in [-0.4, -0.2) is 82.4 Å². The number of nitrogens with one attached hydrogen (secondary N) is 1. The minimum absolute atomic E-state index is 0.0464. The molecule has 2 saturated heterocycles. The van der Waals surface area contributed by atoms with E-state index < -0.39 is 28.3 Å². The minimum Gasteiger partial charge on any atom is -0.497 e. The average Bonchev–Trinajstić information content (AvgIpc) is 3.71. The van der Waals surface area contributed by atoms with Gasteiger partial charge in [0.1, 0.15) is 11.8 Å². The monoisotopic (exact) mass is 774 g/mol. The van der Waals surface area contributed by atoms with Crippen molar-refractivity contribution in [2.24, 2.45) is 0 Å². The number of ether oxygens (including phenoxy) is 1. The Balaban J connectivity index is 1.50. The van der Waals surface area contributed by atoms with Crippen LogP contribution in [0.5, 0.6) is 0 Å². The normalized spacial score (nSPS) is 20.5. The number of Topliss-reactive ketones (excluding diaryl/α,β-unsaturated/α-hetero) is 1. The zero-order valence-corrected chi connectivity index (χ0v) is 36.9. The van der Waals surface area contributed by atoms with Gasteiger partial charge in [-0.1, -0.05) is 144 Å².